The molecule has 0 aliphatic carbocycles. The molecule has 3 fully saturated rings. The number of aryl methyl sites for hydroxylation is 1. The van der Waals surface area contributed by atoms with Gasteiger partial charge in [-0.3, -0.25) is 9.59 Å². The highest BCUT2D eigenvalue weighted by Gasteiger charge is 2.67. The molecule has 2 amide bonds. The average Bonchev–Trinajstić information content (AvgIpc) is 3.54. The number of carbonyl (C=O) groups is 2. The number of thiocarbonyl (C=S) groups is 1. The van der Waals surface area contributed by atoms with Crippen molar-refractivity contribution in [2.45, 2.75) is 18.6 Å². The predicted molar refractivity (Wildman–Crippen MR) is 138 cm³/mol. The molecule has 6 rings (SSSR count). The van der Waals surface area contributed by atoms with Gasteiger partial charge in [0.1, 0.15) is 5.60 Å². The minimum atomic E-state index is -0.864. The fraction of sp³-hybridized carbons (Fsp3) is 0.370. The molecular weight excluding hydrogens is 460 g/mol. The van der Waals surface area contributed by atoms with Gasteiger partial charge in [-0.15, -0.1) is 0 Å². The second-order valence-electron chi connectivity index (χ2n) is 9.72. The summed E-state index contributed by atoms with van der Waals surface area (Å²) in [4.78, 5) is 32.6. The van der Waals surface area contributed by atoms with Gasteiger partial charge in [0.2, 0.25) is 11.8 Å². The lowest BCUT2D eigenvalue weighted by atomic mass is 9.77. The second kappa shape index (κ2) is 8.46. The first-order chi connectivity index (χ1) is 17.0. The molecule has 7 nitrogen and oxygen atoms in total. The molecule has 4 aliphatic heterocycles. The summed E-state index contributed by atoms with van der Waals surface area (Å²) in [7, 11) is 0. The van der Waals surface area contributed by atoms with Gasteiger partial charge in [0, 0.05) is 31.9 Å². The standard InChI is InChI=1S/C27H28N4O3S/c1-18-7-9-20(10-8-18)31-24(32)22-21-11-12-27(34-21,23(22)25(31)33)17-28-26(35)30-15-13-29(14-16-30)19-5-3-2-4-6-19/h2-12,21-23H,13-17H2,1H3,(H,28,35)/t21-,22-,23-,27+/m1/s1. The highest BCUT2D eigenvalue weighted by Crippen LogP contribution is 2.52. The second-order valence-corrected chi connectivity index (χ2v) is 10.1. The number of piperazine rings is 1. The molecule has 0 unspecified atom stereocenters. The summed E-state index contributed by atoms with van der Waals surface area (Å²) < 4.78 is 6.26. The number of imide groups is 1. The third kappa shape index (κ3) is 3.63. The van der Waals surface area contributed by atoms with Crippen LogP contribution in [0.25, 0.3) is 0 Å². The lowest BCUT2D eigenvalue weighted by Gasteiger charge is -2.38. The van der Waals surface area contributed by atoms with Crippen LogP contribution in [0.2, 0.25) is 0 Å². The van der Waals surface area contributed by atoms with Crippen LogP contribution < -0.4 is 15.1 Å². The van der Waals surface area contributed by atoms with Crippen molar-refractivity contribution in [3.05, 3.63) is 72.3 Å². The van der Waals surface area contributed by atoms with Gasteiger partial charge < -0.3 is 19.9 Å². The Kier molecular flexibility index (Phi) is 5.38. The number of hydrogen-bond acceptors (Lipinski definition) is 5. The average molecular weight is 489 g/mol. The monoisotopic (exact) mass is 488 g/mol. The maximum Gasteiger partial charge on any atom is 0.241 e. The normalized spacial score (nSPS) is 29.2. The van der Waals surface area contributed by atoms with Crippen LogP contribution in [0.5, 0.6) is 0 Å². The molecule has 8 heteroatoms. The van der Waals surface area contributed by atoms with Gasteiger partial charge in [0.15, 0.2) is 5.11 Å². The maximum absolute atomic E-state index is 13.5. The van der Waals surface area contributed by atoms with E-state index >= 15 is 0 Å². The Morgan fingerprint density at radius 3 is 2.43 bits per heavy atom. The number of rotatable bonds is 4. The van der Waals surface area contributed by atoms with Crippen molar-refractivity contribution in [3.8, 4) is 0 Å². The lowest BCUT2D eigenvalue weighted by molar-refractivity contribution is -0.126. The maximum atomic E-state index is 13.5. The van der Waals surface area contributed by atoms with Crippen LogP contribution in [0, 0.1) is 18.8 Å². The Hall–Kier alpha value is -3.23. The van der Waals surface area contributed by atoms with E-state index in [0.29, 0.717) is 17.3 Å². The van der Waals surface area contributed by atoms with Crippen LogP contribution in [0.3, 0.4) is 0 Å². The van der Waals surface area contributed by atoms with E-state index in [1.165, 1.54) is 10.6 Å². The van der Waals surface area contributed by atoms with Crippen molar-refractivity contribution < 1.29 is 14.3 Å². The third-order valence-corrected chi connectivity index (χ3v) is 8.05. The highest BCUT2D eigenvalue weighted by atomic mass is 32.1. The van der Waals surface area contributed by atoms with Crippen LogP contribution in [-0.2, 0) is 14.3 Å². The van der Waals surface area contributed by atoms with E-state index in [1.54, 1.807) is 0 Å². The quantitative estimate of drug-likeness (QED) is 0.403. The molecule has 2 aromatic rings. The van der Waals surface area contributed by atoms with E-state index < -0.39 is 17.4 Å². The Morgan fingerprint density at radius 1 is 1.00 bits per heavy atom. The van der Waals surface area contributed by atoms with Crippen LogP contribution in [0.4, 0.5) is 11.4 Å². The number of carbonyl (C=O) groups excluding carboxylic acids is 2. The number of fused-ring (bicyclic) bond motifs is 5. The molecule has 2 bridgehead atoms. The van der Waals surface area contributed by atoms with Crippen LogP contribution in [-0.4, -0.2) is 66.3 Å². The molecule has 1 N–H and O–H groups in total. The van der Waals surface area contributed by atoms with Crippen LogP contribution in [0.1, 0.15) is 5.56 Å². The Bertz CT molecular complexity index is 1190. The Morgan fingerprint density at radius 2 is 1.71 bits per heavy atom. The van der Waals surface area contributed by atoms with E-state index in [-0.39, 0.29) is 17.9 Å². The minimum Gasteiger partial charge on any atom is -0.368 e. The Labute approximate surface area is 210 Å². The summed E-state index contributed by atoms with van der Waals surface area (Å²) in [6.07, 6.45) is 3.50. The third-order valence-electron chi connectivity index (χ3n) is 7.65. The number of nitrogens with zero attached hydrogens (tertiary/aromatic N) is 3. The van der Waals surface area contributed by atoms with Crippen molar-refractivity contribution in [3.63, 3.8) is 0 Å². The van der Waals surface area contributed by atoms with E-state index in [1.807, 2.05) is 49.4 Å². The number of anilines is 2. The molecule has 2 aromatic carbocycles. The zero-order chi connectivity index (χ0) is 24.2. The number of amides is 2. The first-order valence-corrected chi connectivity index (χ1v) is 12.5. The van der Waals surface area contributed by atoms with Crippen molar-refractivity contribution in [2.75, 3.05) is 42.5 Å². The molecule has 4 heterocycles. The Balaban J connectivity index is 1.12. The van der Waals surface area contributed by atoms with E-state index in [2.05, 4.69) is 39.4 Å². The summed E-state index contributed by atoms with van der Waals surface area (Å²) in [5, 5.41) is 4.01. The molecule has 4 aliphatic rings. The lowest BCUT2D eigenvalue weighted by Crippen LogP contribution is -2.55. The van der Waals surface area contributed by atoms with Gasteiger partial charge in [0.05, 0.1) is 30.2 Å². The van der Waals surface area contributed by atoms with E-state index in [4.69, 9.17) is 17.0 Å². The number of para-hydroxylation sites is 1. The summed E-state index contributed by atoms with van der Waals surface area (Å²) >= 11 is 5.71. The van der Waals surface area contributed by atoms with Gasteiger partial charge >= 0.3 is 0 Å². The smallest absolute Gasteiger partial charge is 0.241 e. The van der Waals surface area contributed by atoms with Crippen molar-refractivity contribution >= 4 is 40.5 Å². The summed E-state index contributed by atoms with van der Waals surface area (Å²) in [5.41, 5.74) is 2.06. The molecule has 3 saturated heterocycles. The molecule has 4 atom stereocenters. The number of nitrogens with one attached hydrogen (secondary N) is 1. The van der Waals surface area contributed by atoms with Gasteiger partial charge in [-0.25, -0.2) is 4.90 Å². The van der Waals surface area contributed by atoms with Crippen molar-refractivity contribution in [1.82, 2.24) is 10.2 Å². The fourth-order valence-electron chi connectivity index (χ4n) is 5.79. The van der Waals surface area contributed by atoms with Gasteiger partial charge in [-0.1, -0.05) is 48.0 Å². The molecular formula is C27H28N4O3S. The first-order valence-electron chi connectivity index (χ1n) is 12.1. The number of benzene rings is 2. The largest absolute Gasteiger partial charge is 0.368 e. The summed E-state index contributed by atoms with van der Waals surface area (Å²) in [6, 6.07) is 17.9. The zero-order valence-corrected chi connectivity index (χ0v) is 20.4. The predicted octanol–water partition coefficient (Wildman–Crippen LogP) is 2.50. The number of hydrogen-bond donors (Lipinski definition) is 1. The van der Waals surface area contributed by atoms with Crippen molar-refractivity contribution in [1.29, 1.82) is 0 Å². The molecule has 180 valence electrons. The summed E-state index contributed by atoms with van der Waals surface area (Å²) in [5.74, 6) is -1.41. The minimum absolute atomic E-state index is 0.181. The van der Waals surface area contributed by atoms with Gasteiger partial charge in [0.25, 0.3) is 0 Å². The van der Waals surface area contributed by atoms with Crippen LogP contribution in [0.15, 0.2) is 66.7 Å². The topological polar surface area (TPSA) is 65.1 Å². The van der Waals surface area contributed by atoms with Crippen molar-refractivity contribution in [2.24, 2.45) is 11.8 Å². The fourth-order valence-corrected chi connectivity index (χ4v) is 6.04. The highest BCUT2D eigenvalue weighted by molar-refractivity contribution is 7.80. The van der Waals surface area contributed by atoms with E-state index in [9.17, 15) is 9.59 Å². The SMILES string of the molecule is Cc1ccc(N2C(=O)[C@@H]3[C@H]4C=C[C@@](CNC(=S)N5CCN(c6ccccc6)CC5)(O4)[C@H]3C2=O)cc1. The molecule has 0 spiro atoms. The molecule has 0 saturated carbocycles. The first kappa shape index (κ1) is 22.2. The number of ether oxygens (including phenoxy) is 1. The molecule has 35 heavy (non-hydrogen) atoms. The molecule has 0 aromatic heterocycles. The molecule has 0 radical (unpaired) electrons. The van der Waals surface area contributed by atoms with Gasteiger partial charge in [-0.05, 0) is 43.4 Å². The van der Waals surface area contributed by atoms with E-state index in [0.717, 1.165) is 31.7 Å². The zero-order valence-electron chi connectivity index (χ0n) is 19.6. The summed E-state index contributed by atoms with van der Waals surface area (Å²) in [6.45, 7) is 5.75. The van der Waals surface area contributed by atoms with Gasteiger partial charge in [-0.2, -0.15) is 0 Å². The van der Waals surface area contributed by atoms with Crippen LogP contribution >= 0.6 is 12.2 Å².